The van der Waals surface area contributed by atoms with E-state index < -0.39 is 29.6 Å². The van der Waals surface area contributed by atoms with Crippen LogP contribution in [0.5, 0.6) is 0 Å². The number of amides is 1. The van der Waals surface area contributed by atoms with Gasteiger partial charge in [0.05, 0.1) is 12.1 Å². The Kier molecular flexibility index (Phi) is 6.35. The van der Waals surface area contributed by atoms with E-state index in [9.17, 15) is 23.5 Å². The topological polar surface area (TPSA) is 87.5 Å². The van der Waals surface area contributed by atoms with Crippen molar-refractivity contribution >= 4 is 28.5 Å². The van der Waals surface area contributed by atoms with Gasteiger partial charge in [0.15, 0.2) is 5.13 Å². The number of halogens is 2. The number of pyridine rings is 1. The molecular weight excluding hydrogens is 474 g/mol. The lowest BCUT2D eigenvalue weighted by atomic mass is 9.88. The fourth-order valence-electron chi connectivity index (χ4n) is 5.43. The molecule has 1 fully saturated rings. The number of anilines is 1. The van der Waals surface area contributed by atoms with E-state index in [0.29, 0.717) is 22.9 Å². The van der Waals surface area contributed by atoms with Gasteiger partial charge in [0.2, 0.25) is 5.91 Å². The van der Waals surface area contributed by atoms with Gasteiger partial charge in [-0.05, 0) is 37.3 Å². The minimum Gasteiger partial charge on any atom is -0.396 e. The number of aliphatic hydroxyl groups is 1. The van der Waals surface area contributed by atoms with Crippen LogP contribution in [0.2, 0.25) is 0 Å². The number of aromatic nitrogens is 2. The van der Waals surface area contributed by atoms with Crippen LogP contribution in [-0.4, -0.2) is 38.1 Å². The maximum absolute atomic E-state index is 14.7. The van der Waals surface area contributed by atoms with E-state index >= 15 is 0 Å². The van der Waals surface area contributed by atoms with Gasteiger partial charge in [-0.3, -0.25) is 14.5 Å². The lowest BCUT2D eigenvalue weighted by molar-refractivity contribution is -0.122. The molecule has 1 aromatic carbocycles. The van der Waals surface area contributed by atoms with Gasteiger partial charge in [0.1, 0.15) is 11.6 Å². The van der Waals surface area contributed by atoms with Crippen molar-refractivity contribution in [2.45, 2.75) is 32.1 Å². The predicted octanol–water partition coefficient (Wildman–Crippen LogP) is 3.42. The first-order valence-electron chi connectivity index (χ1n) is 11.3. The van der Waals surface area contributed by atoms with Crippen LogP contribution in [-0.2, 0) is 17.9 Å². The summed E-state index contributed by atoms with van der Waals surface area (Å²) in [4.78, 5) is 32.4. The Morgan fingerprint density at radius 2 is 2.14 bits per heavy atom. The normalized spacial score (nSPS) is 23.5. The maximum atomic E-state index is 14.7. The summed E-state index contributed by atoms with van der Waals surface area (Å²) >= 11 is 1.26. The average molecular weight is 499 g/mol. The highest BCUT2D eigenvalue weighted by atomic mass is 32.1. The number of allylic oxidation sites excluding steroid dienone is 1. The molecular formula is C25H24F2N4O3S. The number of nitrogens with one attached hydrogen (secondary N) is 1. The predicted molar refractivity (Wildman–Crippen MR) is 129 cm³/mol. The van der Waals surface area contributed by atoms with Gasteiger partial charge in [0, 0.05) is 59.9 Å². The summed E-state index contributed by atoms with van der Waals surface area (Å²) in [6, 6.07) is 5.52. The van der Waals surface area contributed by atoms with Crippen LogP contribution in [0.3, 0.4) is 0 Å². The first-order valence-corrected chi connectivity index (χ1v) is 12.2. The van der Waals surface area contributed by atoms with E-state index in [1.54, 1.807) is 39.3 Å². The molecule has 7 nitrogen and oxygen atoms in total. The molecule has 35 heavy (non-hydrogen) atoms. The number of thiazole rings is 1. The highest BCUT2D eigenvalue weighted by Gasteiger charge is 2.55. The van der Waals surface area contributed by atoms with Crippen LogP contribution >= 0.6 is 11.3 Å². The van der Waals surface area contributed by atoms with Crippen molar-refractivity contribution in [1.82, 2.24) is 14.5 Å². The van der Waals surface area contributed by atoms with Crippen LogP contribution in [0.15, 0.2) is 52.8 Å². The molecule has 2 aliphatic rings. The second-order valence-corrected chi connectivity index (χ2v) is 9.66. The molecule has 5 rings (SSSR count). The van der Waals surface area contributed by atoms with E-state index in [0.717, 1.165) is 18.2 Å². The summed E-state index contributed by atoms with van der Waals surface area (Å²) in [5.74, 6) is -2.35. The summed E-state index contributed by atoms with van der Waals surface area (Å²) in [5.41, 5.74) is 1.17. The maximum Gasteiger partial charge on any atom is 0.258 e. The molecule has 0 spiro atoms. The molecule has 0 radical (unpaired) electrons. The van der Waals surface area contributed by atoms with Gasteiger partial charge in [-0.25, -0.2) is 13.8 Å². The molecule has 3 aromatic rings. The Labute approximate surface area is 204 Å². The third-order valence-electron chi connectivity index (χ3n) is 6.86. The third-order valence-corrected chi connectivity index (χ3v) is 7.55. The van der Waals surface area contributed by atoms with Crippen molar-refractivity contribution in [3.63, 3.8) is 0 Å². The Morgan fingerprint density at radius 1 is 1.31 bits per heavy atom. The quantitative estimate of drug-likeness (QED) is 0.544. The first kappa shape index (κ1) is 23.5. The lowest BCUT2D eigenvalue weighted by Gasteiger charge is -2.30. The fraction of sp³-hybridized carbons (Fsp3) is 0.320. The smallest absolute Gasteiger partial charge is 0.258 e. The number of hydrogen-bond donors (Lipinski definition) is 2. The van der Waals surface area contributed by atoms with Crippen LogP contribution < -0.4 is 10.9 Å². The second-order valence-electron chi connectivity index (χ2n) is 8.76. The van der Waals surface area contributed by atoms with Gasteiger partial charge >= 0.3 is 0 Å². The number of likely N-dealkylation sites (tertiary alicyclic amines) is 1. The zero-order chi connectivity index (χ0) is 24.7. The number of carbonyl (C=O) groups is 1. The van der Waals surface area contributed by atoms with E-state index in [1.165, 1.54) is 11.3 Å². The number of carbonyl (C=O) groups excluding carboxylic acids is 1. The molecule has 10 heteroatoms. The van der Waals surface area contributed by atoms with Gasteiger partial charge in [-0.15, -0.1) is 11.3 Å². The van der Waals surface area contributed by atoms with Crippen LogP contribution in [0.4, 0.5) is 13.9 Å². The Balaban J connectivity index is 1.60. The average Bonchev–Trinajstić information content (AvgIpc) is 3.54. The van der Waals surface area contributed by atoms with Gasteiger partial charge in [0.25, 0.3) is 5.56 Å². The summed E-state index contributed by atoms with van der Waals surface area (Å²) < 4.78 is 30.3. The zero-order valence-electron chi connectivity index (χ0n) is 18.9. The third kappa shape index (κ3) is 4.11. The fourth-order valence-corrected chi connectivity index (χ4v) is 5.97. The molecule has 2 aliphatic heterocycles. The standard InChI is InChI=1S/C25H24F2N4O3S/c1-2-3-14-4-7-20-21-17(12-30(20)24(14)34)18(13-32)22(23(33)29-25-28-8-9-35-25)31(21)11-15-10-16(26)5-6-19(15)27/h2-10,17-18,21-22,32H,11-13H2,1H3,(H,28,29,33)/b3-2-/t17-,18-,21+,22-/m1/s1. The minimum absolute atomic E-state index is 0.0674. The molecule has 2 N–H and O–H groups in total. The lowest BCUT2D eigenvalue weighted by Crippen LogP contribution is -2.45. The van der Waals surface area contributed by atoms with E-state index in [4.69, 9.17) is 0 Å². The van der Waals surface area contributed by atoms with Crippen molar-refractivity contribution in [2.24, 2.45) is 11.8 Å². The largest absolute Gasteiger partial charge is 0.396 e. The van der Waals surface area contributed by atoms with Crippen LogP contribution in [0.25, 0.3) is 6.08 Å². The van der Waals surface area contributed by atoms with E-state index in [2.05, 4.69) is 10.3 Å². The SMILES string of the molecule is C/C=C\c1ccc2n(c1=O)C[C@@H]1[C@@H](CO)[C@H](C(=O)Nc3nccs3)N(Cc3cc(F)ccc3F)[C@H]21. The van der Waals surface area contributed by atoms with Crippen molar-refractivity contribution in [2.75, 3.05) is 11.9 Å². The molecule has 1 saturated heterocycles. The Hall–Kier alpha value is -3.21. The molecule has 182 valence electrons. The number of benzene rings is 1. The van der Waals surface area contributed by atoms with Gasteiger partial charge in [-0.1, -0.05) is 12.2 Å². The Morgan fingerprint density at radius 3 is 2.86 bits per heavy atom. The minimum atomic E-state index is -0.833. The molecule has 4 atom stereocenters. The van der Waals surface area contributed by atoms with Gasteiger partial charge < -0.3 is 15.0 Å². The molecule has 0 unspecified atom stereocenters. The number of nitrogens with zero attached hydrogens (tertiary/aromatic N) is 3. The molecule has 4 heterocycles. The first-order chi connectivity index (χ1) is 16.9. The number of fused-ring (bicyclic) bond motifs is 3. The summed E-state index contributed by atoms with van der Waals surface area (Å²) in [7, 11) is 0. The highest BCUT2D eigenvalue weighted by molar-refractivity contribution is 7.13. The number of rotatable bonds is 6. The van der Waals surface area contributed by atoms with Gasteiger partial charge in [-0.2, -0.15) is 0 Å². The summed E-state index contributed by atoms with van der Waals surface area (Å²) in [5, 5.41) is 15.3. The molecule has 0 saturated carbocycles. The van der Waals surface area contributed by atoms with E-state index in [1.807, 2.05) is 13.0 Å². The van der Waals surface area contributed by atoms with Crippen LogP contribution in [0.1, 0.15) is 29.8 Å². The monoisotopic (exact) mass is 498 g/mol. The number of hydrogen-bond acceptors (Lipinski definition) is 6. The zero-order valence-corrected chi connectivity index (χ0v) is 19.7. The van der Waals surface area contributed by atoms with Crippen molar-refractivity contribution < 1.29 is 18.7 Å². The van der Waals surface area contributed by atoms with E-state index in [-0.39, 0.29) is 36.1 Å². The summed E-state index contributed by atoms with van der Waals surface area (Å²) in [6.07, 6.45) is 5.09. The van der Waals surface area contributed by atoms with Crippen molar-refractivity contribution in [3.8, 4) is 0 Å². The molecule has 2 aromatic heterocycles. The number of aliphatic hydroxyl groups excluding tert-OH is 1. The summed E-state index contributed by atoms with van der Waals surface area (Å²) in [6.45, 7) is 1.78. The Bertz CT molecular complexity index is 1340. The van der Waals surface area contributed by atoms with Crippen LogP contribution in [0, 0.1) is 23.5 Å². The van der Waals surface area contributed by atoms with Crippen molar-refractivity contribution in [3.05, 3.63) is 86.8 Å². The van der Waals surface area contributed by atoms with Crippen molar-refractivity contribution in [1.29, 1.82) is 0 Å². The second kappa shape index (κ2) is 9.44. The molecule has 0 aliphatic carbocycles. The molecule has 0 bridgehead atoms. The molecule has 1 amide bonds. The highest BCUT2D eigenvalue weighted by Crippen LogP contribution is 2.50.